The predicted molar refractivity (Wildman–Crippen MR) is 61.4 cm³/mol. The zero-order chi connectivity index (χ0) is 11.2. The Bertz CT molecular complexity index is 463. The zero-order valence-corrected chi connectivity index (χ0v) is 9.36. The molecule has 0 atom stereocenters. The first-order valence-electron chi connectivity index (χ1n) is 5.56. The lowest BCUT2D eigenvalue weighted by Crippen LogP contribution is -2.66. The lowest BCUT2D eigenvalue weighted by molar-refractivity contribution is -0.127. The molecule has 0 aromatic heterocycles. The fourth-order valence-electron chi connectivity index (χ4n) is 2.52. The van der Waals surface area contributed by atoms with Gasteiger partial charge in [0.25, 0.3) is 0 Å². The van der Waals surface area contributed by atoms with E-state index in [9.17, 15) is 0 Å². The number of hydrogen-bond acceptors (Lipinski definition) is 3. The molecule has 0 saturated carbocycles. The van der Waals surface area contributed by atoms with Crippen molar-refractivity contribution in [3.63, 3.8) is 0 Å². The summed E-state index contributed by atoms with van der Waals surface area (Å²) in [6.45, 7) is 5.85. The number of rotatable bonds is 1. The summed E-state index contributed by atoms with van der Waals surface area (Å²) < 4.78 is 5.25. The van der Waals surface area contributed by atoms with Gasteiger partial charge in [-0.15, -0.1) is 0 Å². The molecule has 2 heterocycles. The van der Waals surface area contributed by atoms with Crippen LogP contribution in [-0.4, -0.2) is 26.3 Å². The van der Waals surface area contributed by atoms with Gasteiger partial charge < -0.3 is 9.64 Å². The number of nitrogens with zero attached hydrogens (tertiary/aromatic N) is 2. The van der Waals surface area contributed by atoms with Gasteiger partial charge in [0.05, 0.1) is 29.9 Å². The first kappa shape index (κ1) is 9.68. The second-order valence-corrected chi connectivity index (χ2v) is 4.98. The lowest BCUT2D eigenvalue weighted by Gasteiger charge is -2.56. The Labute approximate surface area is 95.2 Å². The number of ether oxygens (including phenoxy) is 1. The minimum absolute atomic E-state index is 0.400. The fraction of sp³-hybridized carbons (Fsp3) is 0.462. The molecule has 0 aliphatic carbocycles. The van der Waals surface area contributed by atoms with Crippen molar-refractivity contribution in [2.45, 2.75) is 6.92 Å². The van der Waals surface area contributed by atoms with E-state index >= 15 is 0 Å². The maximum absolute atomic E-state index is 9.11. The van der Waals surface area contributed by atoms with Crippen LogP contribution in [0.5, 0.6) is 0 Å². The molecule has 2 fully saturated rings. The second-order valence-electron chi connectivity index (χ2n) is 4.98. The first-order valence-corrected chi connectivity index (χ1v) is 5.56. The molecule has 3 nitrogen and oxygen atoms in total. The van der Waals surface area contributed by atoms with Gasteiger partial charge in [-0.3, -0.25) is 0 Å². The zero-order valence-electron chi connectivity index (χ0n) is 9.36. The highest BCUT2D eigenvalue weighted by molar-refractivity contribution is 5.62. The molecular weight excluding hydrogens is 200 g/mol. The summed E-state index contributed by atoms with van der Waals surface area (Å²) in [5.74, 6) is 0. The Morgan fingerprint density at radius 3 is 2.69 bits per heavy atom. The van der Waals surface area contributed by atoms with Crippen molar-refractivity contribution in [3.8, 4) is 6.07 Å². The number of benzene rings is 1. The minimum Gasteiger partial charge on any atom is -0.380 e. The van der Waals surface area contributed by atoms with E-state index in [4.69, 9.17) is 10.00 Å². The van der Waals surface area contributed by atoms with Crippen molar-refractivity contribution in [3.05, 3.63) is 29.3 Å². The van der Waals surface area contributed by atoms with E-state index in [1.807, 2.05) is 13.0 Å². The van der Waals surface area contributed by atoms with Gasteiger partial charge in [0.15, 0.2) is 0 Å². The van der Waals surface area contributed by atoms with E-state index < -0.39 is 0 Å². The van der Waals surface area contributed by atoms with Crippen LogP contribution < -0.4 is 4.90 Å². The summed E-state index contributed by atoms with van der Waals surface area (Å²) >= 11 is 0. The smallest absolute Gasteiger partial charge is 0.101 e. The molecule has 1 aromatic rings. The highest BCUT2D eigenvalue weighted by Crippen LogP contribution is 2.41. The van der Waals surface area contributed by atoms with Gasteiger partial charge in [0.1, 0.15) is 6.07 Å². The molecule has 3 rings (SSSR count). The quantitative estimate of drug-likeness (QED) is 0.714. The van der Waals surface area contributed by atoms with Crippen LogP contribution in [0.3, 0.4) is 0 Å². The summed E-state index contributed by atoms with van der Waals surface area (Å²) in [7, 11) is 0. The van der Waals surface area contributed by atoms with Crippen molar-refractivity contribution >= 4 is 5.69 Å². The van der Waals surface area contributed by atoms with Crippen molar-refractivity contribution < 1.29 is 4.74 Å². The van der Waals surface area contributed by atoms with E-state index in [1.54, 1.807) is 0 Å². The molecule has 2 saturated heterocycles. The highest BCUT2D eigenvalue weighted by Gasteiger charge is 2.49. The Balaban J connectivity index is 1.83. The largest absolute Gasteiger partial charge is 0.380 e. The van der Waals surface area contributed by atoms with E-state index in [0.717, 1.165) is 43.1 Å². The minimum atomic E-state index is 0.400. The van der Waals surface area contributed by atoms with Crippen LogP contribution in [0.2, 0.25) is 0 Å². The van der Waals surface area contributed by atoms with Crippen LogP contribution in [0.4, 0.5) is 5.69 Å². The molecule has 0 unspecified atom stereocenters. The summed E-state index contributed by atoms with van der Waals surface area (Å²) in [4.78, 5) is 2.28. The molecule has 2 aliphatic rings. The summed E-state index contributed by atoms with van der Waals surface area (Å²) in [5, 5.41) is 9.11. The van der Waals surface area contributed by atoms with Crippen LogP contribution in [0.15, 0.2) is 18.2 Å². The Morgan fingerprint density at radius 2 is 2.12 bits per heavy atom. The second kappa shape index (κ2) is 3.23. The fourth-order valence-corrected chi connectivity index (χ4v) is 2.52. The molecule has 2 aliphatic heterocycles. The average molecular weight is 214 g/mol. The average Bonchev–Trinajstić information content (AvgIpc) is 2.15. The maximum Gasteiger partial charge on any atom is 0.101 e. The first-order chi connectivity index (χ1) is 7.72. The van der Waals surface area contributed by atoms with Crippen LogP contribution in [-0.2, 0) is 4.74 Å². The molecule has 0 N–H and O–H groups in total. The van der Waals surface area contributed by atoms with E-state index in [0.29, 0.717) is 5.41 Å². The third-order valence-corrected chi connectivity index (χ3v) is 3.48. The van der Waals surface area contributed by atoms with E-state index in [-0.39, 0.29) is 0 Å². The molecule has 82 valence electrons. The third kappa shape index (κ3) is 1.30. The number of hydrogen-bond donors (Lipinski definition) is 0. The standard InChI is InChI=1S/C13H14N2O/c1-10-2-3-12(11(4-10)5-14)15-6-13(7-15)8-16-9-13/h2-4H,6-9H2,1H3. The summed E-state index contributed by atoms with van der Waals surface area (Å²) in [6.07, 6.45) is 0. The van der Waals surface area contributed by atoms with Gasteiger partial charge in [-0.25, -0.2) is 0 Å². The van der Waals surface area contributed by atoms with Gasteiger partial charge in [-0.2, -0.15) is 5.26 Å². The highest BCUT2D eigenvalue weighted by atomic mass is 16.5. The number of nitriles is 1. The number of aryl methyl sites for hydroxylation is 1. The van der Waals surface area contributed by atoms with E-state index in [2.05, 4.69) is 23.1 Å². The predicted octanol–water partition coefficient (Wildman–Crippen LogP) is 1.70. The Morgan fingerprint density at radius 1 is 1.38 bits per heavy atom. The summed E-state index contributed by atoms with van der Waals surface area (Å²) in [5.41, 5.74) is 3.40. The van der Waals surface area contributed by atoms with Crippen molar-refractivity contribution in [2.75, 3.05) is 31.2 Å². The SMILES string of the molecule is Cc1ccc(N2CC3(COC3)C2)c(C#N)c1. The van der Waals surface area contributed by atoms with Crippen molar-refractivity contribution in [1.82, 2.24) is 0 Å². The van der Waals surface area contributed by atoms with Crippen LogP contribution >= 0.6 is 0 Å². The maximum atomic E-state index is 9.11. The van der Waals surface area contributed by atoms with Gasteiger partial charge in [0, 0.05) is 13.1 Å². The van der Waals surface area contributed by atoms with Crippen LogP contribution in [0.25, 0.3) is 0 Å². The Hall–Kier alpha value is -1.53. The van der Waals surface area contributed by atoms with Gasteiger partial charge in [0.2, 0.25) is 0 Å². The van der Waals surface area contributed by atoms with Gasteiger partial charge in [-0.05, 0) is 24.6 Å². The van der Waals surface area contributed by atoms with Crippen LogP contribution in [0, 0.1) is 23.7 Å². The normalized spacial score (nSPS) is 21.1. The molecule has 0 radical (unpaired) electrons. The lowest BCUT2D eigenvalue weighted by atomic mass is 9.77. The molecule has 0 bridgehead atoms. The van der Waals surface area contributed by atoms with Crippen LogP contribution in [0.1, 0.15) is 11.1 Å². The topological polar surface area (TPSA) is 36.3 Å². The molecule has 16 heavy (non-hydrogen) atoms. The Kier molecular flexibility index (Phi) is 1.95. The molecule has 3 heteroatoms. The third-order valence-electron chi connectivity index (χ3n) is 3.48. The summed E-state index contributed by atoms with van der Waals surface area (Å²) in [6, 6.07) is 8.36. The van der Waals surface area contributed by atoms with E-state index in [1.165, 1.54) is 0 Å². The van der Waals surface area contributed by atoms with Gasteiger partial charge >= 0.3 is 0 Å². The molecule has 1 spiro atoms. The van der Waals surface area contributed by atoms with Crippen molar-refractivity contribution in [1.29, 1.82) is 5.26 Å². The van der Waals surface area contributed by atoms with Gasteiger partial charge in [-0.1, -0.05) is 6.07 Å². The molecular formula is C13H14N2O. The number of anilines is 1. The molecule has 0 amide bonds. The molecule has 1 aromatic carbocycles. The monoisotopic (exact) mass is 214 g/mol. The van der Waals surface area contributed by atoms with Crippen molar-refractivity contribution in [2.24, 2.45) is 5.41 Å².